The van der Waals surface area contributed by atoms with Crippen molar-refractivity contribution in [3.8, 4) is 0 Å². The van der Waals surface area contributed by atoms with Crippen molar-refractivity contribution in [1.29, 1.82) is 0 Å². The summed E-state index contributed by atoms with van der Waals surface area (Å²) in [5, 5.41) is 8.82. The van der Waals surface area contributed by atoms with Crippen molar-refractivity contribution in [2.75, 3.05) is 13.1 Å². The lowest BCUT2D eigenvalue weighted by molar-refractivity contribution is -0.135. The second-order valence-corrected chi connectivity index (χ2v) is 5.01. The molecule has 1 heterocycles. The summed E-state index contributed by atoms with van der Waals surface area (Å²) in [5.41, 5.74) is 1.70. The average Bonchev–Trinajstić information content (AvgIpc) is 2.99. The van der Waals surface area contributed by atoms with Gasteiger partial charge in [0, 0.05) is 19.1 Å². The fourth-order valence-electron chi connectivity index (χ4n) is 3.32. The van der Waals surface area contributed by atoms with E-state index < -0.39 is 11.9 Å². The number of hydrogen-bond acceptors (Lipinski definition) is 3. The van der Waals surface area contributed by atoms with Crippen LogP contribution in [0.2, 0.25) is 0 Å². The lowest BCUT2D eigenvalue weighted by Crippen LogP contribution is -2.56. The molecule has 2 rings (SSSR count). The van der Waals surface area contributed by atoms with Crippen molar-refractivity contribution in [3.05, 3.63) is 0 Å². The standard InChI is InChI=1S/C12H21N3O3/c1-3-14(4-2)12(17)15-9-6-5-8(7-9)10(15)11(16)13-18/h8-10,18H,3-7H2,1-2H3,(H,13,16). The molecular weight excluding hydrogens is 234 g/mol. The Bertz CT molecular complexity index is 343. The Labute approximate surface area is 107 Å². The van der Waals surface area contributed by atoms with E-state index in [0.717, 1.165) is 19.3 Å². The van der Waals surface area contributed by atoms with Crippen molar-refractivity contribution in [2.24, 2.45) is 5.92 Å². The number of amides is 3. The number of urea groups is 1. The number of hydrogen-bond donors (Lipinski definition) is 2. The van der Waals surface area contributed by atoms with Crippen molar-refractivity contribution < 1.29 is 14.8 Å². The lowest BCUT2D eigenvalue weighted by Gasteiger charge is -2.37. The average molecular weight is 255 g/mol. The molecule has 18 heavy (non-hydrogen) atoms. The summed E-state index contributed by atoms with van der Waals surface area (Å²) < 4.78 is 0. The second-order valence-electron chi connectivity index (χ2n) is 5.01. The van der Waals surface area contributed by atoms with Crippen LogP contribution in [0.25, 0.3) is 0 Å². The van der Waals surface area contributed by atoms with Gasteiger partial charge in [0.2, 0.25) is 0 Å². The molecule has 0 aromatic carbocycles. The normalized spacial score (nSPS) is 29.5. The van der Waals surface area contributed by atoms with Gasteiger partial charge in [-0.05, 0) is 39.0 Å². The molecule has 2 N–H and O–H groups in total. The van der Waals surface area contributed by atoms with Crippen LogP contribution < -0.4 is 5.48 Å². The molecule has 1 saturated carbocycles. The fourth-order valence-corrected chi connectivity index (χ4v) is 3.32. The van der Waals surface area contributed by atoms with Gasteiger partial charge in [-0.15, -0.1) is 0 Å². The van der Waals surface area contributed by atoms with Gasteiger partial charge < -0.3 is 9.80 Å². The van der Waals surface area contributed by atoms with Gasteiger partial charge in [-0.2, -0.15) is 0 Å². The number of fused-ring (bicyclic) bond motifs is 2. The van der Waals surface area contributed by atoms with E-state index >= 15 is 0 Å². The summed E-state index contributed by atoms with van der Waals surface area (Å²) in [5.74, 6) is -0.260. The number of carbonyl (C=O) groups excluding carboxylic acids is 2. The number of likely N-dealkylation sites (tertiary alicyclic amines) is 1. The van der Waals surface area contributed by atoms with Crippen LogP contribution in [0, 0.1) is 5.92 Å². The molecule has 3 amide bonds. The highest BCUT2D eigenvalue weighted by Gasteiger charge is 2.51. The van der Waals surface area contributed by atoms with Gasteiger partial charge in [0.25, 0.3) is 5.91 Å². The quantitative estimate of drug-likeness (QED) is 0.579. The molecule has 3 atom stereocenters. The van der Waals surface area contributed by atoms with Crippen molar-refractivity contribution in [2.45, 2.75) is 45.2 Å². The molecule has 2 aliphatic rings. The number of hydroxylamine groups is 1. The molecule has 0 spiro atoms. The Balaban J connectivity index is 2.19. The molecule has 1 saturated heterocycles. The van der Waals surface area contributed by atoms with Crippen LogP contribution in [0.4, 0.5) is 4.79 Å². The third kappa shape index (κ3) is 1.94. The first-order valence-corrected chi connectivity index (χ1v) is 6.65. The predicted octanol–water partition coefficient (Wildman–Crippen LogP) is 0.806. The molecule has 6 nitrogen and oxygen atoms in total. The number of rotatable bonds is 3. The van der Waals surface area contributed by atoms with E-state index in [-0.39, 0.29) is 18.0 Å². The maximum absolute atomic E-state index is 12.4. The summed E-state index contributed by atoms with van der Waals surface area (Å²) in [7, 11) is 0. The molecule has 2 fully saturated rings. The number of piperidine rings is 1. The van der Waals surface area contributed by atoms with E-state index in [1.54, 1.807) is 15.3 Å². The van der Waals surface area contributed by atoms with Crippen LogP contribution in [0.1, 0.15) is 33.1 Å². The SMILES string of the molecule is CCN(CC)C(=O)N1C2CCC(C2)C1C(=O)NO. The van der Waals surface area contributed by atoms with Crippen LogP contribution in [-0.4, -0.2) is 52.1 Å². The molecule has 0 aromatic heterocycles. The highest BCUT2D eigenvalue weighted by Crippen LogP contribution is 2.42. The van der Waals surface area contributed by atoms with Crippen LogP contribution >= 0.6 is 0 Å². The van der Waals surface area contributed by atoms with Gasteiger partial charge >= 0.3 is 6.03 Å². The van der Waals surface area contributed by atoms with E-state index in [1.165, 1.54) is 0 Å². The first-order valence-electron chi connectivity index (χ1n) is 6.65. The summed E-state index contributed by atoms with van der Waals surface area (Å²) >= 11 is 0. The molecule has 6 heteroatoms. The Hall–Kier alpha value is -1.30. The summed E-state index contributed by atoms with van der Waals surface area (Å²) in [6.07, 6.45) is 2.81. The third-order valence-electron chi connectivity index (χ3n) is 4.22. The molecule has 102 valence electrons. The first kappa shape index (κ1) is 13.1. The molecule has 0 aromatic rings. The van der Waals surface area contributed by atoms with E-state index in [2.05, 4.69) is 0 Å². The minimum atomic E-state index is -0.498. The number of carbonyl (C=O) groups is 2. The van der Waals surface area contributed by atoms with Gasteiger partial charge in [-0.25, -0.2) is 10.3 Å². The molecule has 0 radical (unpaired) electrons. The zero-order chi connectivity index (χ0) is 13.3. The van der Waals surface area contributed by atoms with Gasteiger partial charge in [-0.1, -0.05) is 0 Å². The van der Waals surface area contributed by atoms with E-state index in [1.807, 2.05) is 13.8 Å². The summed E-state index contributed by atoms with van der Waals surface area (Å²) in [6, 6.07) is -0.423. The van der Waals surface area contributed by atoms with Crippen LogP contribution in [-0.2, 0) is 4.79 Å². The highest BCUT2D eigenvalue weighted by molar-refractivity contribution is 5.88. The largest absolute Gasteiger partial charge is 0.325 e. The monoisotopic (exact) mass is 255 g/mol. The number of nitrogens with zero attached hydrogens (tertiary/aromatic N) is 2. The Morgan fingerprint density at radius 3 is 2.56 bits per heavy atom. The molecule has 2 bridgehead atoms. The Morgan fingerprint density at radius 2 is 2.00 bits per heavy atom. The minimum Gasteiger partial charge on any atom is -0.325 e. The fraction of sp³-hybridized carbons (Fsp3) is 0.833. The van der Waals surface area contributed by atoms with Gasteiger partial charge in [-0.3, -0.25) is 10.0 Å². The summed E-state index contributed by atoms with van der Waals surface area (Å²) in [6.45, 7) is 5.13. The van der Waals surface area contributed by atoms with Gasteiger partial charge in [0.15, 0.2) is 0 Å². The van der Waals surface area contributed by atoms with Crippen molar-refractivity contribution in [1.82, 2.24) is 15.3 Å². The van der Waals surface area contributed by atoms with Gasteiger partial charge in [0.05, 0.1) is 0 Å². The first-order chi connectivity index (χ1) is 8.63. The third-order valence-corrected chi connectivity index (χ3v) is 4.22. The topological polar surface area (TPSA) is 72.9 Å². The molecule has 3 unspecified atom stereocenters. The van der Waals surface area contributed by atoms with E-state index in [9.17, 15) is 9.59 Å². The maximum Gasteiger partial charge on any atom is 0.320 e. The minimum absolute atomic E-state index is 0.0826. The highest BCUT2D eigenvalue weighted by atomic mass is 16.5. The number of nitrogens with one attached hydrogen (secondary N) is 1. The van der Waals surface area contributed by atoms with Crippen LogP contribution in [0.3, 0.4) is 0 Å². The van der Waals surface area contributed by atoms with E-state index in [0.29, 0.717) is 13.1 Å². The molecular formula is C12H21N3O3. The zero-order valence-corrected chi connectivity index (χ0v) is 10.9. The predicted molar refractivity (Wildman–Crippen MR) is 65.0 cm³/mol. The zero-order valence-electron chi connectivity index (χ0n) is 10.9. The maximum atomic E-state index is 12.4. The van der Waals surface area contributed by atoms with Crippen molar-refractivity contribution >= 4 is 11.9 Å². The summed E-state index contributed by atoms with van der Waals surface area (Å²) in [4.78, 5) is 27.6. The van der Waals surface area contributed by atoms with Crippen LogP contribution in [0.15, 0.2) is 0 Å². The van der Waals surface area contributed by atoms with Gasteiger partial charge in [0.1, 0.15) is 6.04 Å². The second kappa shape index (κ2) is 5.14. The van der Waals surface area contributed by atoms with E-state index in [4.69, 9.17) is 5.21 Å². The Morgan fingerprint density at radius 1 is 1.33 bits per heavy atom. The smallest absolute Gasteiger partial charge is 0.320 e. The van der Waals surface area contributed by atoms with Crippen molar-refractivity contribution in [3.63, 3.8) is 0 Å². The lowest BCUT2D eigenvalue weighted by atomic mass is 9.98. The Kier molecular flexibility index (Phi) is 3.75. The van der Waals surface area contributed by atoms with Crippen LogP contribution in [0.5, 0.6) is 0 Å². The molecule has 1 aliphatic carbocycles. The molecule has 1 aliphatic heterocycles.